The van der Waals surface area contributed by atoms with Crippen LogP contribution >= 0.6 is 0 Å². The SMILES string of the molecule is COc1cc(N(C2CC2)C2CCN(CC3CCCCN3C)CC2)ncn1. The third-order valence-electron chi connectivity index (χ3n) is 6.38. The fraction of sp³-hybridized carbons (Fsp3) is 0.800. The number of likely N-dealkylation sites (N-methyl/N-ethyl adjacent to an activating group) is 1. The number of nitrogens with zero attached hydrogens (tertiary/aromatic N) is 5. The monoisotopic (exact) mass is 359 g/mol. The second-order valence-electron chi connectivity index (χ2n) is 8.22. The van der Waals surface area contributed by atoms with Crippen LogP contribution in [0.15, 0.2) is 12.4 Å². The lowest BCUT2D eigenvalue weighted by atomic mass is 9.99. The Hall–Kier alpha value is -1.40. The van der Waals surface area contributed by atoms with Crippen LogP contribution in [0.2, 0.25) is 0 Å². The molecule has 6 nitrogen and oxygen atoms in total. The van der Waals surface area contributed by atoms with Gasteiger partial charge in [-0.05, 0) is 52.1 Å². The lowest BCUT2D eigenvalue weighted by molar-refractivity contribution is 0.111. The predicted octanol–water partition coefficient (Wildman–Crippen LogP) is 2.40. The summed E-state index contributed by atoms with van der Waals surface area (Å²) in [5.41, 5.74) is 0. The highest BCUT2D eigenvalue weighted by Gasteiger charge is 2.37. The van der Waals surface area contributed by atoms with E-state index in [1.54, 1.807) is 13.4 Å². The maximum atomic E-state index is 5.31. The highest BCUT2D eigenvalue weighted by atomic mass is 16.5. The van der Waals surface area contributed by atoms with Gasteiger partial charge in [0.2, 0.25) is 5.88 Å². The van der Waals surface area contributed by atoms with Gasteiger partial charge in [0.25, 0.3) is 0 Å². The zero-order valence-corrected chi connectivity index (χ0v) is 16.3. The van der Waals surface area contributed by atoms with E-state index in [4.69, 9.17) is 4.74 Å². The van der Waals surface area contributed by atoms with E-state index in [2.05, 4.69) is 31.7 Å². The Morgan fingerprint density at radius 1 is 1.04 bits per heavy atom. The van der Waals surface area contributed by atoms with Gasteiger partial charge in [-0.1, -0.05) is 6.42 Å². The van der Waals surface area contributed by atoms with Crippen LogP contribution in [0.5, 0.6) is 5.88 Å². The summed E-state index contributed by atoms with van der Waals surface area (Å²) in [4.78, 5) is 16.6. The van der Waals surface area contributed by atoms with E-state index in [9.17, 15) is 0 Å². The number of piperidine rings is 2. The van der Waals surface area contributed by atoms with E-state index < -0.39 is 0 Å². The summed E-state index contributed by atoms with van der Waals surface area (Å²) in [7, 11) is 3.97. The van der Waals surface area contributed by atoms with Crippen molar-refractivity contribution in [2.24, 2.45) is 0 Å². The molecular weight excluding hydrogens is 326 g/mol. The topological polar surface area (TPSA) is 44.7 Å². The molecule has 26 heavy (non-hydrogen) atoms. The van der Waals surface area contributed by atoms with E-state index in [1.165, 1.54) is 71.1 Å². The summed E-state index contributed by atoms with van der Waals surface area (Å²) in [6, 6.07) is 4.02. The van der Waals surface area contributed by atoms with Gasteiger partial charge in [0.15, 0.2) is 0 Å². The molecule has 2 aliphatic heterocycles. The average molecular weight is 360 g/mol. The fourth-order valence-corrected chi connectivity index (χ4v) is 4.66. The van der Waals surface area contributed by atoms with Crippen molar-refractivity contribution in [2.45, 2.75) is 63.1 Å². The molecule has 0 bridgehead atoms. The fourth-order valence-electron chi connectivity index (χ4n) is 4.66. The highest BCUT2D eigenvalue weighted by molar-refractivity contribution is 5.45. The average Bonchev–Trinajstić information content (AvgIpc) is 3.50. The minimum atomic E-state index is 0.599. The molecule has 1 saturated carbocycles. The molecule has 0 N–H and O–H groups in total. The second kappa shape index (κ2) is 8.09. The Morgan fingerprint density at radius 2 is 1.81 bits per heavy atom. The van der Waals surface area contributed by atoms with Crippen molar-refractivity contribution in [1.29, 1.82) is 0 Å². The lowest BCUT2D eigenvalue weighted by Gasteiger charge is -2.42. The van der Waals surface area contributed by atoms with Crippen molar-refractivity contribution in [3.63, 3.8) is 0 Å². The molecule has 144 valence electrons. The van der Waals surface area contributed by atoms with E-state index in [-0.39, 0.29) is 0 Å². The molecule has 0 radical (unpaired) electrons. The molecule has 6 heteroatoms. The Bertz CT molecular complexity index is 585. The number of anilines is 1. The van der Waals surface area contributed by atoms with Gasteiger partial charge in [-0.2, -0.15) is 0 Å². The Balaban J connectivity index is 1.36. The summed E-state index contributed by atoms with van der Waals surface area (Å²) in [5, 5.41) is 0. The van der Waals surface area contributed by atoms with Crippen molar-refractivity contribution in [3.05, 3.63) is 12.4 Å². The van der Waals surface area contributed by atoms with Gasteiger partial charge in [0, 0.05) is 43.8 Å². The van der Waals surface area contributed by atoms with Crippen molar-refractivity contribution >= 4 is 5.82 Å². The van der Waals surface area contributed by atoms with Crippen molar-refractivity contribution < 1.29 is 4.74 Å². The van der Waals surface area contributed by atoms with Crippen LogP contribution in [0, 0.1) is 0 Å². The second-order valence-corrected chi connectivity index (χ2v) is 8.22. The summed E-state index contributed by atoms with van der Waals surface area (Å²) in [6.07, 6.45) is 10.8. The van der Waals surface area contributed by atoms with E-state index in [0.29, 0.717) is 18.0 Å². The van der Waals surface area contributed by atoms with Crippen molar-refractivity contribution in [2.75, 3.05) is 45.2 Å². The summed E-state index contributed by atoms with van der Waals surface area (Å²) < 4.78 is 5.31. The molecule has 3 heterocycles. The number of aromatic nitrogens is 2. The number of methoxy groups -OCH3 is 1. The molecule has 1 unspecified atom stereocenters. The van der Waals surface area contributed by atoms with Gasteiger partial charge < -0.3 is 19.4 Å². The number of rotatable bonds is 6. The van der Waals surface area contributed by atoms with Crippen LogP contribution in [0.25, 0.3) is 0 Å². The normalized spacial score (nSPS) is 26.0. The zero-order chi connectivity index (χ0) is 17.9. The molecule has 0 amide bonds. The zero-order valence-electron chi connectivity index (χ0n) is 16.3. The van der Waals surface area contributed by atoms with Gasteiger partial charge in [0.1, 0.15) is 12.1 Å². The molecule has 3 aliphatic rings. The first-order valence-electron chi connectivity index (χ1n) is 10.3. The Kier molecular flexibility index (Phi) is 5.60. The third kappa shape index (κ3) is 4.12. The van der Waals surface area contributed by atoms with Gasteiger partial charge in [0.05, 0.1) is 7.11 Å². The minimum Gasteiger partial charge on any atom is -0.481 e. The first-order chi connectivity index (χ1) is 12.7. The minimum absolute atomic E-state index is 0.599. The standard InChI is InChI=1S/C20H33N5O/c1-23-10-4-3-5-18(23)14-24-11-8-17(9-12-24)25(16-6-7-16)19-13-20(26-2)22-15-21-19/h13,15-18H,3-12,14H2,1-2H3. The van der Waals surface area contributed by atoms with Crippen molar-refractivity contribution in [1.82, 2.24) is 19.8 Å². The summed E-state index contributed by atoms with van der Waals surface area (Å²) in [5.74, 6) is 1.71. The molecule has 0 spiro atoms. The highest BCUT2D eigenvalue weighted by Crippen LogP contribution is 2.36. The van der Waals surface area contributed by atoms with Gasteiger partial charge in [-0.25, -0.2) is 9.97 Å². The number of likely N-dealkylation sites (tertiary alicyclic amines) is 2. The molecule has 2 saturated heterocycles. The number of hydrogen-bond acceptors (Lipinski definition) is 6. The van der Waals surface area contributed by atoms with Crippen LogP contribution in [-0.2, 0) is 0 Å². The van der Waals surface area contributed by atoms with Crippen LogP contribution in [0.1, 0.15) is 44.9 Å². The van der Waals surface area contributed by atoms with E-state index in [1.807, 2.05) is 6.07 Å². The molecule has 4 rings (SSSR count). The number of hydrogen-bond donors (Lipinski definition) is 0. The van der Waals surface area contributed by atoms with Gasteiger partial charge in [-0.3, -0.25) is 0 Å². The van der Waals surface area contributed by atoms with E-state index >= 15 is 0 Å². The summed E-state index contributed by atoms with van der Waals surface area (Å²) in [6.45, 7) is 4.93. The maximum absolute atomic E-state index is 5.31. The number of ether oxygens (including phenoxy) is 1. The molecule has 0 aromatic carbocycles. The summed E-state index contributed by atoms with van der Waals surface area (Å²) >= 11 is 0. The smallest absolute Gasteiger partial charge is 0.218 e. The molecular formula is C20H33N5O. The molecule has 1 atom stereocenters. The molecule has 1 aromatic heterocycles. The molecule has 1 aromatic rings. The largest absolute Gasteiger partial charge is 0.481 e. The van der Waals surface area contributed by atoms with Crippen LogP contribution in [0.3, 0.4) is 0 Å². The Morgan fingerprint density at radius 3 is 2.50 bits per heavy atom. The quantitative estimate of drug-likeness (QED) is 0.777. The van der Waals surface area contributed by atoms with Crippen LogP contribution < -0.4 is 9.64 Å². The Labute approximate surface area is 157 Å². The van der Waals surface area contributed by atoms with Crippen molar-refractivity contribution in [3.8, 4) is 5.88 Å². The first-order valence-corrected chi connectivity index (χ1v) is 10.3. The third-order valence-corrected chi connectivity index (χ3v) is 6.38. The van der Waals surface area contributed by atoms with Gasteiger partial charge in [-0.15, -0.1) is 0 Å². The first kappa shape index (κ1) is 18.0. The van der Waals surface area contributed by atoms with Crippen LogP contribution in [0.4, 0.5) is 5.82 Å². The van der Waals surface area contributed by atoms with Gasteiger partial charge >= 0.3 is 0 Å². The molecule has 3 fully saturated rings. The van der Waals surface area contributed by atoms with E-state index in [0.717, 1.165) is 11.9 Å². The predicted molar refractivity (Wildman–Crippen MR) is 104 cm³/mol. The maximum Gasteiger partial charge on any atom is 0.218 e. The lowest BCUT2D eigenvalue weighted by Crippen LogP contribution is -2.50. The molecule has 1 aliphatic carbocycles. The van der Waals surface area contributed by atoms with Crippen LogP contribution in [-0.4, -0.2) is 78.2 Å².